The van der Waals surface area contributed by atoms with Crippen LogP contribution < -0.4 is 10.0 Å². The van der Waals surface area contributed by atoms with Crippen LogP contribution >= 0.6 is 11.8 Å². The van der Waals surface area contributed by atoms with Crippen molar-refractivity contribution in [2.24, 2.45) is 0 Å². The van der Waals surface area contributed by atoms with Crippen LogP contribution in [0.3, 0.4) is 0 Å². The summed E-state index contributed by atoms with van der Waals surface area (Å²) in [5, 5.41) is 7.39. The lowest BCUT2D eigenvalue weighted by Gasteiger charge is -2.12. The maximum Gasteiger partial charge on any atom is 0.254 e. The molecule has 0 saturated heterocycles. The molecular weight excluding hydrogens is 424 g/mol. The van der Waals surface area contributed by atoms with E-state index in [0.717, 1.165) is 17.0 Å². The van der Waals surface area contributed by atoms with E-state index >= 15 is 0 Å². The number of hydrogen-bond acceptors (Lipinski definition) is 7. The minimum atomic E-state index is -3.41. The quantitative estimate of drug-likeness (QED) is 0.486. The Bertz CT molecular complexity index is 1130. The van der Waals surface area contributed by atoms with Gasteiger partial charge in [0, 0.05) is 24.6 Å². The summed E-state index contributed by atoms with van der Waals surface area (Å²) in [4.78, 5) is 17.1. The lowest BCUT2D eigenvalue weighted by Crippen LogP contribution is -2.25. The molecule has 0 aliphatic rings. The highest BCUT2D eigenvalue weighted by Crippen LogP contribution is 2.24. The van der Waals surface area contributed by atoms with Crippen molar-refractivity contribution in [1.82, 2.24) is 20.2 Å². The number of benzene rings is 1. The molecule has 2 heterocycles. The summed E-state index contributed by atoms with van der Waals surface area (Å²) in [7, 11) is -2.04. The number of carbonyl (C=O) groups is 1. The zero-order valence-electron chi connectivity index (χ0n) is 16.6. The first kappa shape index (κ1) is 22.0. The highest BCUT2D eigenvalue weighted by atomic mass is 32.2. The van der Waals surface area contributed by atoms with Gasteiger partial charge in [0.25, 0.3) is 5.91 Å². The molecule has 0 fully saturated rings. The number of rotatable bonds is 9. The van der Waals surface area contributed by atoms with Crippen molar-refractivity contribution in [3.05, 3.63) is 76.8 Å². The summed E-state index contributed by atoms with van der Waals surface area (Å²) in [5.74, 6) is 0.816. The van der Waals surface area contributed by atoms with E-state index in [1.807, 2.05) is 19.1 Å². The second kappa shape index (κ2) is 9.88. The van der Waals surface area contributed by atoms with Crippen LogP contribution in [0.1, 0.15) is 32.9 Å². The van der Waals surface area contributed by atoms with Gasteiger partial charge in [-0.25, -0.2) is 18.1 Å². The summed E-state index contributed by atoms with van der Waals surface area (Å²) in [6.45, 7) is 2.02. The number of aromatic nitrogens is 2. The molecule has 1 amide bonds. The van der Waals surface area contributed by atoms with Crippen LogP contribution in [0.25, 0.3) is 0 Å². The zero-order chi connectivity index (χ0) is 21.6. The summed E-state index contributed by atoms with van der Waals surface area (Å²) in [6.07, 6.45) is 1.63. The largest absolute Gasteiger partial charge is 0.361 e. The van der Waals surface area contributed by atoms with Crippen molar-refractivity contribution in [3.63, 3.8) is 0 Å². The molecule has 158 valence electrons. The predicted molar refractivity (Wildman–Crippen MR) is 114 cm³/mol. The molecule has 10 heteroatoms. The lowest BCUT2D eigenvalue weighted by atomic mass is 10.1. The van der Waals surface area contributed by atoms with Crippen molar-refractivity contribution in [1.29, 1.82) is 0 Å². The van der Waals surface area contributed by atoms with Gasteiger partial charge in [-0.2, -0.15) is 0 Å². The number of nitrogens with one attached hydrogen (secondary N) is 2. The fourth-order valence-corrected chi connectivity index (χ4v) is 4.43. The van der Waals surface area contributed by atoms with Crippen LogP contribution in [0.5, 0.6) is 0 Å². The molecule has 0 bridgehead atoms. The second-order valence-corrected chi connectivity index (χ2v) is 9.38. The highest BCUT2D eigenvalue weighted by molar-refractivity contribution is 7.98. The number of thioether (sulfide) groups is 1. The molecule has 0 saturated carbocycles. The van der Waals surface area contributed by atoms with Crippen LogP contribution in [0.15, 0.2) is 58.2 Å². The first-order valence-electron chi connectivity index (χ1n) is 9.14. The standard InChI is InChI=1S/C20H22N4O4S2/c1-14-10-17(24-28-14)12-29-20-18(8-5-9-22-20)19(25)23-11-15-6-3-4-7-16(15)13-30(26,27)21-2/h3-10,21H,11-13H2,1-2H3,(H,23,25). The molecule has 0 aliphatic carbocycles. The van der Waals surface area contributed by atoms with Crippen LogP contribution in [0.4, 0.5) is 0 Å². The Labute approximate surface area is 179 Å². The number of pyridine rings is 1. The number of sulfonamides is 1. The fourth-order valence-electron chi connectivity index (χ4n) is 2.73. The summed E-state index contributed by atoms with van der Waals surface area (Å²) >= 11 is 1.40. The van der Waals surface area contributed by atoms with E-state index in [1.54, 1.807) is 36.5 Å². The number of carbonyl (C=O) groups excluding carboxylic acids is 1. The van der Waals surface area contributed by atoms with E-state index in [0.29, 0.717) is 21.9 Å². The molecule has 2 aromatic heterocycles. The third-order valence-corrected chi connectivity index (χ3v) is 6.62. The molecule has 0 unspecified atom stereocenters. The Balaban J connectivity index is 1.69. The Morgan fingerprint density at radius 2 is 1.93 bits per heavy atom. The van der Waals surface area contributed by atoms with E-state index in [1.165, 1.54) is 18.8 Å². The minimum Gasteiger partial charge on any atom is -0.361 e. The molecule has 30 heavy (non-hydrogen) atoms. The van der Waals surface area contributed by atoms with Gasteiger partial charge >= 0.3 is 0 Å². The molecule has 1 aromatic carbocycles. The van der Waals surface area contributed by atoms with E-state index < -0.39 is 10.0 Å². The van der Waals surface area contributed by atoms with Gasteiger partial charge < -0.3 is 9.84 Å². The van der Waals surface area contributed by atoms with Gasteiger partial charge in [0.1, 0.15) is 10.8 Å². The molecule has 2 N–H and O–H groups in total. The zero-order valence-corrected chi connectivity index (χ0v) is 18.2. The summed E-state index contributed by atoms with van der Waals surface area (Å²) < 4.78 is 31.2. The monoisotopic (exact) mass is 446 g/mol. The van der Waals surface area contributed by atoms with Crippen molar-refractivity contribution < 1.29 is 17.7 Å². The first-order valence-corrected chi connectivity index (χ1v) is 11.8. The summed E-state index contributed by atoms with van der Waals surface area (Å²) in [6, 6.07) is 12.4. The van der Waals surface area contributed by atoms with Crippen LogP contribution in [0, 0.1) is 6.92 Å². The third kappa shape index (κ3) is 5.91. The Morgan fingerprint density at radius 3 is 2.63 bits per heavy atom. The Kier molecular flexibility index (Phi) is 7.24. The van der Waals surface area contributed by atoms with Crippen molar-refractivity contribution >= 4 is 27.7 Å². The lowest BCUT2D eigenvalue weighted by molar-refractivity contribution is 0.0947. The predicted octanol–water partition coefficient (Wildman–Crippen LogP) is 2.65. The topological polar surface area (TPSA) is 114 Å². The van der Waals surface area contributed by atoms with Gasteiger partial charge in [0.15, 0.2) is 0 Å². The van der Waals surface area contributed by atoms with Crippen molar-refractivity contribution in [2.45, 2.75) is 30.0 Å². The maximum atomic E-state index is 12.8. The average molecular weight is 447 g/mol. The van der Waals surface area contributed by atoms with Gasteiger partial charge in [0.05, 0.1) is 17.0 Å². The number of aryl methyl sites for hydroxylation is 1. The number of hydrogen-bond donors (Lipinski definition) is 2. The van der Waals surface area contributed by atoms with Gasteiger partial charge in [-0.3, -0.25) is 4.79 Å². The average Bonchev–Trinajstić information content (AvgIpc) is 3.16. The number of nitrogens with zero attached hydrogens (tertiary/aromatic N) is 2. The Morgan fingerprint density at radius 1 is 1.17 bits per heavy atom. The highest BCUT2D eigenvalue weighted by Gasteiger charge is 2.16. The first-order chi connectivity index (χ1) is 14.4. The molecule has 8 nitrogen and oxygen atoms in total. The fraction of sp³-hybridized carbons (Fsp3) is 0.250. The van der Waals surface area contributed by atoms with Gasteiger partial charge in [-0.05, 0) is 37.2 Å². The van der Waals surface area contributed by atoms with E-state index in [-0.39, 0.29) is 18.2 Å². The molecule has 0 atom stereocenters. The smallest absolute Gasteiger partial charge is 0.254 e. The van der Waals surface area contributed by atoms with Gasteiger partial charge in [0.2, 0.25) is 10.0 Å². The van der Waals surface area contributed by atoms with Gasteiger partial charge in [-0.15, -0.1) is 0 Å². The van der Waals surface area contributed by atoms with Crippen molar-refractivity contribution in [3.8, 4) is 0 Å². The van der Waals surface area contributed by atoms with Crippen molar-refractivity contribution in [2.75, 3.05) is 7.05 Å². The SMILES string of the molecule is CNS(=O)(=O)Cc1ccccc1CNC(=O)c1cccnc1SCc1cc(C)on1. The van der Waals surface area contributed by atoms with E-state index in [4.69, 9.17) is 4.52 Å². The maximum absolute atomic E-state index is 12.8. The van der Waals surface area contributed by atoms with Crippen LogP contribution in [-0.4, -0.2) is 31.5 Å². The van der Waals surface area contributed by atoms with E-state index in [2.05, 4.69) is 20.2 Å². The third-order valence-electron chi connectivity index (χ3n) is 4.26. The molecule has 0 spiro atoms. The van der Waals surface area contributed by atoms with Crippen LogP contribution in [0.2, 0.25) is 0 Å². The minimum absolute atomic E-state index is 0.152. The normalized spacial score (nSPS) is 11.4. The molecule has 0 radical (unpaired) electrons. The summed E-state index contributed by atoms with van der Waals surface area (Å²) in [5.41, 5.74) is 2.59. The van der Waals surface area contributed by atoms with E-state index in [9.17, 15) is 13.2 Å². The van der Waals surface area contributed by atoms with Crippen LogP contribution in [-0.2, 0) is 28.1 Å². The molecular formula is C20H22N4O4S2. The molecule has 3 aromatic rings. The van der Waals surface area contributed by atoms with Gasteiger partial charge in [-0.1, -0.05) is 41.2 Å². The Hall–Kier alpha value is -2.69. The molecule has 0 aliphatic heterocycles. The molecule has 3 rings (SSSR count). The second-order valence-electron chi connectivity index (χ2n) is 6.49. The number of amides is 1.